The second kappa shape index (κ2) is 4.21. The predicted molar refractivity (Wildman–Crippen MR) is 61.2 cm³/mol. The zero-order chi connectivity index (χ0) is 10.8. The number of nitrogen functional groups attached to an aromatic ring is 1. The van der Waals surface area contributed by atoms with Gasteiger partial charge in [-0.1, -0.05) is 38.3 Å². The highest BCUT2D eigenvalue weighted by Crippen LogP contribution is 2.40. The minimum Gasteiger partial charge on any atom is -0.396 e. The van der Waals surface area contributed by atoms with Crippen LogP contribution in [0.1, 0.15) is 44.1 Å². The van der Waals surface area contributed by atoms with E-state index in [4.69, 9.17) is 5.73 Å². The van der Waals surface area contributed by atoms with Crippen molar-refractivity contribution in [2.24, 2.45) is 5.92 Å². The molecule has 1 aliphatic rings. The number of hydrogen-bond acceptors (Lipinski definition) is 1. The summed E-state index contributed by atoms with van der Waals surface area (Å²) in [5.41, 5.74) is 7.17. The summed E-state index contributed by atoms with van der Waals surface area (Å²) in [6.45, 7) is 2.24. The molecule has 2 rings (SSSR count). The van der Waals surface area contributed by atoms with Crippen LogP contribution < -0.4 is 5.73 Å². The lowest BCUT2D eigenvalue weighted by molar-refractivity contribution is 0.331. The fourth-order valence-electron chi connectivity index (χ4n) is 2.66. The molecule has 1 nitrogen and oxygen atoms in total. The third-order valence-corrected chi connectivity index (χ3v) is 3.60. The summed E-state index contributed by atoms with van der Waals surface area (Å²) in [4.78, 5) is 0. The van der Waals surface area contributed by atoms with Gasteiger partial charge in [0.25, 0.3) is 0 Å². The molecule has 1 aromatic rings. The molecule has 0 radical (unpaired) electrons. The van der Waals surface area contributed by atoms with Crippen molar-refractivity contribution in [2.45, 2.75) is 38.5 Å². The first kappa shape index (κ1) is 10.5. The maximum atomic E-state index is 13.3. The van der Waals surface area contributed by atoms with Crippen molar-refractivity contribution in [2.75, 3.05) is 5.73 Å². The van der Waals surface area contributed by atoms with E-state index in [0.717, 1.165) is 12.0 Å². The standard InChI is InChI=1S/C13H18FN/c1-9-5-2-3-6-10(9)11-7-4-8-12(14)13(11)15/h4,7-10H,2-3,5-6,15H2,1H3/t9-,10+/m1/s1. The fourth-order valence-corrected chi connectivity index (χ4v) is 2.66. The van der Waals surface area contributed by atoms with Crippen LogP contribution in [0.3, 0.4) is 0 Å². The molecular weight excluding hydrogens is 189 g/mol. The van der Waals surface area contributed by atoms with E-state index < -0.39 is 0 Å². The molecule has 82 valence electrons. The van der Waals surface area contributed by atoms with Crippen LogP contribution in [-0.4, -0.2) is 0 Å². The van der Waals surface area contributed by atoms with Crippen LogP contribution in [0.5, 0.6) is 0 Å². The number of para-hydroxylation sites is 1. The monoisotopic (exact) mass is 207 g/mol. The number of benzene rings is 1. The van der Waals surface area contributed by atoms with E-state index in [1.165, 1.54) is 25.3 Å². The highest BCUT2D eigenvalue weighted by atomic mass is 19.1. The molecule has 0 amide bonds. The third kappa shape index (κ3) is 1.99. The Labute approximate surface area is 90.5 Å². The quantitative estimate of drug-likeness (QED) is 0.698. The Morgan fingerprint density at radius 1 is 1.27 bits per heavy atom. The van der Waals surface area contributed by atoms with Gasteiger partial charge < -0.3 is 5.73 Å². The maximum Gasteiger partial charge on any atom is 0.146 e. The zero-order valence-electron chi connectivity index (χ0n) is 9.17. The van der Waals surface area contributed by atoms with Crippen molar-refractivity contribution >= 4 is 5.69 Å². The summed E-state index contributed by atoms with van der Waals surface area (Å²) in [6.07, 6.45) is 4.92. The van der Waals surface area contributed by atoms with Crippen molar-refractivity contribution < 1.29 is 4.39 Å². The lowest BCUT2D eigenvalue weighted by atomic mass is 9.76. The average molecular weight is 207 g/mol. The van der Waals surface area contributed by atoms with Gasteiger partial charge in [0, 0.05) is 0 Å². The minimum absolute atomic E-state index is 0.273. The lowest BCUT2D eigenvalue weighted by Crippen LogP contribution is -2.16. The number of rotatable bonds is 1. The molecule has 15 heavy (non-hydrogen) atoms. The van der Waals surface area contributed by atoms with Crippen LogP contribution in [0, 0.1) is 11.7 Å². The number of halogens is 1. The first-order valence-corrected chi connectivity index (χ1v) is 5.74. The Hall–Kier alpha value is -1.05. The van der Waals surface area contributed by atoms with Crippen molar-refractivity contribution in [3.05, 3.63) is 29.6 Å². The largest absolute Gasteiger partial charge is 0.396 e. The maximum absolute atomic E-state index is 13.3. The van der Waals surface area contributed by atoms with E-state index in [1.54, 1.807) is 6.07 Å². The molecule has 0 bridgehead atoms. The van der Waals surface area contributed by atoms with Crippen molar-refractivity contribution in [3.8, 4) is 0 Å². The predicted octanol–water partition coefficient (Wildman–Crippen LogP) is 3.70. The highest BCUT2D eigenvalue weighted by molar-refractivity contribution is 5.50. The van der Waals surface area contributed by atoms with Crippen LogP contribution >= 0.6 is 0 Å². The Bertz CT molecular complexity index is 348. The molecule has 2 heteroatoms. The second-order valence-electron chi connectivity index (χ2n) is 4.61. The summed E-state index contributed by atoms with van der Waals surface area (Å²) >= 11 is 0. The van der Waals surface area contributed by atoms with E-state index in [0.29, 0.717) is 17.5 Å². The van der Waals surface area contributed by atoms with Crippen LogP contribution in [-0.2, 0) is 0 Å². The van der Waals surface area contributed by atoms with E-state index >= 15 is 0 Å². The van der Waals surface area contributed by atoms with Crippen molar-refractivity contribution in [3.63, 3.8) is 0 Å². The van der Waals surface area contributed by atoms with Crippen LogP contribution in [0.25, 0.3) is 0 Å². The summed E-state index contributed by atoms with van der Waals surface area (Å²) < 4.78 is 13.3. The van der Waals surface area contributed by atoms with Gasteiger partial charge in [-0.05, 0) is 29.9 Å². The molecule has 0 heterocycles. The Kier molecular flexibility index (Phi) is 2.94. The first-order chi connectivity index (χ1) is 7.20. The molecule has 1 aliphatic carbocycles. The molecular formula is C13H18FN. The van der Waals surface area contributed by atoms with E-state index in [-0.39, 0.29) is 5.82 Å². The average Bonchev–Trinajstić information content (AvgIpc) is 2.23. The van der Waals surface area contributed by atoms with Gasteiger partial charge in [-0.25, -0.2) is 4.39 Å². The number of anilines is 1. The third-order valence-electron chi connectivity index (χ3n) is 3.60. The van der Waals surface area contributed by atoms with E-state index in [2.05, 4.69) is 6.92 Å². The molecule has 0 spiro atoms. The number of hydrogen-bond donors (Lipinski definition) is 1. The van der Waals surface area contributed by atoms with Gasteiger partial charge in [-0.3, -0.25) is 0 Å². The molecule has 1 aromatic carbocycles. The minimum atomic E-state index is -0.273. The summed E-state index contributed by atoms with van der Waals surface area (Å²) in [6, 6.07) is 5.18. The molecule has 1 fully saturated rings. The molecule has 1 saturated carbocycles. The van der Waals surface area contributed by atoms with E-state index in [9.17, 15) is 4.39 Å². The van der Waals surface area contributed by atoms with Gasteiger partial charge in [-0.15, -0.1) is 0 Å². The van der Waals surface area contributed by atoms with Crippen molar-refractivity contribution in [1.29, 1.82) is 0 Å². The van der Waals surface area contributed by atoms with Gasteiger partial charge in [0.1, 0.15) is 5.82 Å². The summed E-state index contributed by atoms with van der Waals surface area (Å²) in [5, 5.41) is 0. The van der Waals surface area contributed by atoms with Crippen LogP contribution in [0.2, 0.25) is 0 Å². The second-order valence-corrected chi connectivity index (χ2v) is 4.61. The van der Waals surface area contributed by atoms with Crippen molar-refractivity contribution in [1.82, 2.24) is 0 Å². The number of nitrogens with two attached hydrogens (primary N) is 1. The first-order valence-electron chi connectivity index (χ1n) is 5.74. The molecule has 0 saturated heterocycles. The fraction of sp³-hybridized carbons (Fsp3) is 0.538. The SMILES string of the molecule is C[C@@H]1CCCC[C@@H]1c1cccc(F)c1N. The smallest absolute Gasteiger partial charge is 0.146 e. The van der Waals surface area contributed by atoms with Gasteiger partial charge in [-0.2, -0.15) is 0 Å². The topological polar surface area (TPSA) is 26.0 Å². The summed E-state index contributed by atoms with van der Waals surface area (Å²) in [7, 11) is 0. The summed E-state index contributed by atoms with van der Waals surface area (Å²) in [5.74, 6) is 0.808. The zero-order valence-corrected chi connectivity index (χ0v) is 9.17. The van der Waals surface area contributed by atoms with Gasteiger partial charge in [0.05, 0.1) is 5.69 Å². The van der Waals surface area contributed by atoms with Gasteiger partial charge in [0.2, 0.25) is 0 Å². The van der Waals surface area contributed by atoms with Crippen LogP contribution in [0.4, 0.5) is 10.1 Å². The Morgan fingerprint density at radius 3 is 2.73 bits per heavy atom. The van der Waals surface area contributed by atoms with Gasteiger partial charge >= 0.3 is 0 Å². The molecule has 0 aliphatic heterocycles. The van der Waals surface area contributed by atoms with Crippen LogP contribution in [0.15, 0.2) is 18.2 Å². The molecule has 0 aromatic heterocycles. The Balaban J connectivity index is 2.31. The molecule has 0 unspecified atom stereocenters. The lowest BCUT2D eigenvalue weighted by Gasteiger charge is -2.30. The normalized spacial score (nSPS) is 26.5. The highest BCUT2D eigenvalue weighted by Gasteiger charge is 2.25. The molecule has 2 atom stereocenters. The molecule has 2 N–H and O–H groups in total. The Morgan fingerprint density at radius 2 is 2.00 bits per heavy atom. The van der Waals surface area contributed by atoms with E-state index in [1.807, 2.05) is 6.07 Å². The van der Waals surface area contributed by atoms with Gasteiger partial charge in [0.15, 0.2) is 0 Å².